The van der Waals surface area contributed by atoms with Crippen LogP contribution in [0.3, 0.4) is 0 Å². The van der Waals surface area contributed by atoms with E-state index >= 15 is 0 Å². The van der Waals surface area contributed by atoms with Crippen LogP contribution in [0.15, 0.2) is 6.07 Å². The highest BCUT2D eigenvalue weighted by molar-refractivity contribution is 5.47. The average Bonchev–Trinajstić information content (AvgIpc) is 2.07. The van der Waals surface area contributed by atoms with E-state index in [1.165, 1.54) is 6.07 Å². The molecule has 0 aliphatic carbocycles. The Labute approximate surface area is 74.2 Å². The third-order valence-electron chi connectivity index (χ3n) is 1.76. The number of nitrogens with two attached hydrogens (primary N) is 1. The summed E-state index contributed by atoms with van der Waals surface area (Å²) in [5.41, 5.74) is 5.67. The molecule has 1 rings (SSSR count). The summed E-state index contributed by atoms with van der Waals surface area (Å²) in [6, 6.07) is 1.32. The number of aryl methyl sites for hydroxylation is 1. The summed E-state index contributed by atoms with van der Waals surface area (Å²) in [6.45, 7) is 1.31. The average molecular weight is 188 g/mol. The summed E-state index contributed by atoms with van der Waals surface area (Å²) in [4.78, 5) is 3.61. The predicted octanol–water partition coefficient (Wildman–Crippen LogP) is 1.40. The second-order valence-electron chi connectivity index (χ2n) is 2.67. The summed E-state index contributed by atoms with van der Waals surface area (Å²) < 4.78 is 24.5. The van der Waals surface area contributed by atoms with Crippen molar-refractivity contribution in [1.82, 2.24) is 4.98 Å². The Hall–Kier alpha value is -1.23. The zero-order valence-corrected chi connectivity index (χ0v) is 7.09. The molecular formula is C8H10F2N2O. The van der Waals surface area contributed by atoms with Crippen LogP contribution in [0.25, 0.3) is 0 Å². The van der Waals surface area contributed by atoms with Crippen molar-refractivity contribution in [2.75, 3.05) is 5.73 Å². The van der Waals surface area contributed by atoms with Crippen molar-refractivity contribution in [2.45, 2.75) is 20.0 Å². The van der Waals surface area contributed by atoms with Gasteiger partial charge in [0.1, 0.15) is 5.69 Å². The van der Waals surface area contributed by atoms with Crippen molar-refractivity contribution in [3.8, 4) is 0 Å². The number of hydrogen-bond donors (Lipinski definition) is 2. The number of aliphatic hydroxyl groups is 1. The third-order valence-corrected chi connectivity index (χ3v) is 1.76. The number of nitrogen functional groups attached to an aromatic ring is 1. The maximum absolute atomic E-state index is 12.2. The lowest BCUT2D eigenvalue weighted by Gasteiger charge is -2.08. The number of anilines is 1. The second-order valence-corrected chi connectivity index (χ2v) is 2.67. The molecule has 0 saturated carbocycles. The zero-order chi connectivity index (χ0) is 10.0. The summed E-state index contributed by atoms with van der Waals surface area (Å²) in [7, 11) is 0. The standard InChI is InChI=1S/C8H10F2N2O/c1-4-5(3-13)2-6(11)7(12-4)8(9)10/h2,8,13H,3,11H2,1H3. The third kappa shape index (κ3) is 1.92. The predicted molar refractivity (Wildman–Crippen MR) is 44.3 cm³/mol. The molecular weight excluding hydrogens is 178 g/mol. The monoisotopic (exact) mass is 188 g/mol. The van der Waals surface area contributed by atoms with Crippen LogP contribution in [0.5, 0.6) is 0 Å². The molecule has 3 N–H and O–H groups in total. The van der Waals surface area contributed by atoms with Crippen LogP contribution < -0.4 is 5.73 Å². The lowest BCUT2D eigenvalue weighted by Crippen LogP contribution is -2.03. The van der Waals surface area contributed by atoms with Crippen LogP contribution in [0.2, 0.25) is 0 Å². The van der Waals surface area contributed by atoms with Crippen molar-refractivity contribution in [3.63, 3.8) is 0 Å². The van der Waals surface area contributed by atoms with E-state index in [0.29, 0.717) is 11.3 Å². The van der Waals surface area contributed by atoms with Crippen LogP contribution in [0.4, 0.5) is 14.5 Å². The molecule has 5 heteroatoms. The fourth-order valence-electron chi connectivity index (χ4n) is 1.02. The molecule has 1 heterocycles. The Morgan fingerprint density at radius 2 is 2.23 bits per heavy atom. The Balaban J connectivity index is 3.20. The molecule has 72 valence electrons. The zero-order valence-electron chi connectivity index (χ0n) is 7.09. The van der Waals surface area contributed by atoms with Gasteiger partial charge >= 0.3 is 0 Å². The van der Waals surface area contributed by atoms with E-state index in [-0.39, 0.29) is 12.3 Å². The molecule has 3 nitrogen and oxygen atoms in total. The Kier molecular flexibility index (Phi) is 2.77. The fraction of sp³-hybridized carbons (Fsp3) is 0.375. The van der Waals surface area contributed by atoms with Gasteiger partial charge in [-0.2, -0.15) is 0 Å². The lowest BCUT2D eigenvalue weighted by atomic mass is 10.1. The van der Waals surface area contributed by atoms with E-state index in [4.69, 9.17) is 10.8 Å². The van der Waals surface area contributed by atoms with Crippen LogP contribution >= 0.6 is 0 Å². The van der Waals surface area contributed by atoms with E-state index < -0.39 is 12.1 Å². The first kappa shape index (κ1) is 9.85. The van der Waals surface area contributed by atoms with Crippen molar-refractivity contribution < 1.29 is 13.9 Å². The van der Waals surface area contributed by atoms with Crippen LogP contribution in [-0.4, -0.2) is 10.1 Å². The van der Waals surface area contributed by atoms with Gasteiger partial charge in [0.2, 0.25) is 0 Å². The molecule has 13 heavy (non-hydrogen) atoms. The molecule has 0 aromatic carbocycles. The molecule has 0 amide bonds. The minimum absolute atomic E-state index is 0.0790. The molecule has 0 bridgehead atoms. The van der Waals surface area contributed by atoms with Gasteiger partial charge < -0.3 is 10.8 Å². The largest absolute Gasteiger partial charge is 0.397 e. The highest BCUT2D eigenvalue weighted by Crippen LogP contribution is 2.24. The smallest absolute Gasteiger partial charge is 0.282 e. The Morgan fingerprint density at radius 1 is 1.62 bits per heavy atom. The minimum atomic E-state index is -2.67. The lowest BCUT2D eigenvalue weighted by molar-refractivity contribution is 0.146. The normalized spacial score (nSPS) is 10.8. The van der Waals surface area contributed by atoms with Gasteiger partial charge in [-0.15, -0.1) is 0 Å². The maximum Gasteiger partial charge on any atom is 0.282 e. The fourth-order valence-corrected chi connectivity index (χ4v) is 1.02. The van der Waals surface area contributed by atoms with Crippen molar-refractivity contribution in [1.29, 1.82) is 0 Å². The van der Waals surface area contributed by atoms with Gasteiger partial charge in [0.05, 0.1) is 12.3 Å². The molecule has 0 saturated heterocycles. The quantitative estimate of drug-likeness (QED) is 0.737. The molecule has 0 atom stereocenters. The number of aromatic nitrogens is 1. The molecule has 0 aliphatic heterocycles. The molecule has 0 aliphatic rings. The molecule has 1 aromatic rings. The van der Waals surface area contributed by atoms with E-state index in [1.807, 2.05) is 0 Å². The molecule has 0 radical (unpaired) electrons. The topological polar surface area (TPSA) is 59.1 Å². The number of nitrogens with zero attached hydrogens (tertiary/aromatic N) is 1. The van der Waals surface area contributed by atoms with E-state index in [9.17, 15) is 8.78 Å². The van der Waals surface area contributed by atoms with Crippen LogP contribution in [0.1, 0.15) is 23.4 Å². The van der Waals surface area contributed by atoms with Crippen LogP contribution in [-0.2, 0) is 6.61 Å². The number of alkyl halides is 2. The van der Waals surface area contributed by atoms with Crippen molar-refractivity contribution in [3.05, 3.63) is 23.0 Å². The molecule has 0 spiro atoms. The highest BCUT2D eigenvalue weighted by Gasteiger charge is 2.14. The molecule has 0 fully saturated rings. The SMILES string of the molecule is Cc1nc(C(F)F)c(N)cc1CO. The first-order chi connectivity index (χ1) is 6.06. The van der Waals surface area contributed by atoms with Gasteiger partial charge in [0, 0.05) is 11.3 Å². The van der Waals surface area contributed by atoms with Crippen molar-refractivity contribution >= 4 is 5.69 Å². The van der Waals surface area contributed by atoms with Gasteiger partial charge in [-0.3, -0.25) is 0 Å². The van der Waals surface area contributed by atoms with Crippen LogP contribution in [0, 0.1) is 6.92 Å². The van der Waals surface area contributed by atoms with Gasteiger partial charge in [-0.25, -0.2) is 13.8 Å². The maximum atomic E-state index is 12.2. The summed E-state index contributed by atoms with van der Waals surface area (Å²) in [6.07, 6.45) is -2.67. The molecule has 0 unspecified atom stereocenters. The Bertz CT molecular complexity index is 315. The molecule has 1 aromatic heterocycles. The van der Waals surface area contributed by atoms with E-state index in [2.05, 4.69) is 4.98 Å². The first-order valence-corrected chi connectivity index (χ1v) is 3.71. The number of hydrogen-bond acceptors (Lipinski definition) is 3. The van der Waals surface area contributed by atoms with E-state index in [1.54, 1.807) is 6.92 Å². The summed E-state index contributed by atoms with van der Waals surface area (Å²) >= 11 is 0. The number of halogens is 2. The Morgan fingerprint density at radius 3 is 2.69 bits per heavy atom. The first-order valence-electron chi connectivity index (χ1n) is 3.71. The number of pyridine rings is 1. The van der Waals surface area contributed by atoms with Gasteiger partial charge in [0.15, 0.2) is 0 Å². The number of aliphatic hydroxyl groups excluding tert-OH is 1. The van der Waals surface area contributed by atoms with Gasteiger partial charge in [-0.05, 0) is 13.0 Å². The summed E-state index contributed by atoms with van der Waals surface area (Å²) in [5, 5.41) is 8.79. The summed E-state index contributed by atoms with van der Waals surface area (Å²) in [5.74, 6) is 0. The van der Waals surface area contributed by atoms with Crippen molar-refractivity contribution in [2.24, 2.45) is 0 Å². The number of rotatable bonds is 2. The van der Waals surface area contributed by atoms with Gasteiger partial charge in [-0.1, -0.05) is 0 Å². The highest BCUT2D eigenvalue weighted by atomic mass is 19.3. The van der Waals surface area contributed by atoms with Gasteiger partial charge in [0.25, 0.3) is 6.43 Å². The second kappa shape index (κ2) is 3.66. The minimum Gasteiger partial charge on any atom is -0.397 e. The van der Waals surface area contributed by atoms with E-state index in [0.717, 1.165) is 0 Å².